The number of amides is 1. The first-order valence-electron chi connectivity index (χ1n) is 9.74. The van der Waals surface area contributed by atoms with E-state index in [-0.39, 0.29) is 22.6 Å². The fraction of sp³-hybridized carbons (Fsp3) is 0.684. The summed E-state index contributed by atoms with van der Waals surface area (Å²) < 4.78 is 4.37. The van der Waals surface area contributed by atoms with Gasteiger partial charge in [-0.15, -0.1) is 0 Å². The Morgan fingerprint density at radius 3 is 2.32 bits per heavy atom. The van der Waals surface area contributed by atoms with Crippen molar-refractivity contribution >= 4 is 17.1 Å². The Kier molecular flexibility index (Phi) is 5.47. The van der Waals surface area contributed by atoms with Gasteiger partial charge in [0.2, 0.25) is 5.91 Å². The minimum absolute atomic E-state index is 0.187. The molecule has 9 heteroatoms. The summed E-state index contributed by atoms with van der Waals surface area (Å²) in [5.74, 6) is 0.187. The van der Waals surface area contributed by atoms with Crippen LogP contribution in [-0.4, -0.2) is 67.1 Å². The smallest absolute Gasteiger partial charge is 0.332 e. The predicted molar refractivity (Wildman–Crippen MR) is 107 cm³/mol. The number of piperazine rings is 1. The summed E-state index contributed by atoms with van der Waals surface area (Å²) in [5, 5.41) is 0. The lowest BCUT2D eigenvalue weighted by molar-refractivity contribution is -0.141. The van der Waals surface area contributed by atoms with Crippen molar-refractivity contribution in [3.8, 4) is 0 Å². The molecule has 0 unspecified atom stereocenters. The number of nitrogens with zero attached hydrogens (tertiary/aromatic N) is 6. The van der Waals surface area contributed by atoms with Crippen LogP contribution in [0.2, 0.25) is 0 Å². The molecule has 0 atom stereocenters. The van der Waals surface area contributed by atoms with E-state index >= 15 is 0 Å². The van der Waals surface area contributed by atoms with Gasteiger partial charge in [0, 0.05) is 52.2 Å². The zero-order valence-corrected chi connectivity index (χ0v) is 17.4. The van der Waals surface area contributed by atoms with Crippen LogP contribution in [0.5, 0.6) is 0 Å². The molecule has 0 N–H and O–H groups in total. The lowest BCUT2D eigenvalue weighted by atomic mass is 9.94. The Bertz CT molecular complexity index is 986. The first-order valence-corrected chi connectivity index (χ1v) is 9.74. The molecule has 0 saturated carbocycles. The molecule has 3 rings (SSSR count). The van der Waals surface area contributed by atoms with Gasteiger partial charge in [0.1, 0.15) is 0 Å². The van der Waals surface area contributed by atoms with Crippen LogP contribution in [0.3, 0.4) is 0 Å². The minimum atomic E-state index is -0.353. The molecule has 9 nitrogen and oxygen atoms in total. The van der Waals surface area contributed by atoms with Gasteiger partial charge in [-0.2, -0.15) is 0 Å². The lowest BCUT2D eigenvalue weighted by Gasteiger charge is -2.37. The summed E-state index contributed by atoms with van der Waals surface area (Å²) >= 11 is 0. The third-order valence-corrected chi connectivity index (χ3v) is 5.36. The van der Waals surface area contributed by atoms with Crippen molar-refractivity contribution in [1.29, 1.82) is 0 Å². The number of aromatic nitrogens is 4. The second-order valence-electron chi connectivity index (χ2n) is 8.56. The molecule has 154 valence electrons. The van der Waals surface area contributed by atoms with Gasteiger partial charge in [0.05, 0.1) is 6.33 Å². The molecule has 0 aromatic carbocycles. The number of carbonyl (C=O) groups excluding carboxylic acids is 1. The van der Waals surface area contributed by atoms with Gasteiger partial charge in [-0.25, -0.2) is 9.78 Å². The Morgan fingerprint density at radius 1 is 1.07 bits per heavy atom. The second kappa shape index (κ2) is 7.54. The Balaban J connectivity index is 1.61. The molecule has 1 aliphatic heterocycles. The topological polar surface area (TPSA) is 85.4 Å². The van der Waals surface area contributed by atoms with Crippen LogP contribution in [0.1, 0.15) is 27.2 Å². The van der Waals surface area contributed by atoms with Gasteiger partial charge in [-0.3, -0.25) is 23.6 Å². The van der Waals surface area contributed by atoms with E-state index in [2.05, 4.69) is 9.88 Å². The molecule has 0 spiro atoms. The predicted octanol–water partition coefficient (Wildman–Crippen LogP) is 0.0141. The highest BCUT2D eigenvalue weighted by Gasteiger charge is 2.29. The fourth-order valence-electron chi connectivity index (χ4n) is 3.69. The van der Waals surface area contributed by atoms with Crippen molar-refractivity contribution in [3.63, 3.8) is 0 Å². The molecular formula is C19H30N6O3. The number of hydrogen-bond acceptors (Lipinski definition) is 5. The van der Waals surface area contributed by atoms with Crippen LogP contribution >= 0.6 is 0 Å². The second-order valence-corrected chi connectivity index (χ2v) is 8.56. The van der Waals surface area contributed by atoms with Gasteiger partial charge in [-0.1, -0.05) is 20.8 Å². The zero-order chi connectivity index (χ0) is 20.6. The summed E-state index contributed by atoms with van der Waals surface area (Å²) in [6, 6.07) is 0. The standard InChI is InChI=1S/C19H30N6O3/c1-19(2,3)17(27)24-11-9-23(10-12-24)7-6-8-25-16(26)14-15(20-13-21(14)4)22(5)18(25)28/h13H,6-12H2,1-5H3. The Labute approximate surface area is 164 Å². The van der Waals surface area contributed by atoms with Crippen LogP contribution in [0.15, 0.2) is 15.9 Å². The lowest BCUT2D eigenvalue weighted by Crippen LogP contribution is -2.51. The van der Waals surface area contributed by atoms with Crippen molar-refractivity contribution in [2.24, 2.45) is 19.5 Å². The monoisotopic (exact) mass is 390 g/mol. The van der Waals surface area contributed by atoms with Crippen LogP contribution in [0.25, 0.3) is 11.2 Å². The van der Waals surface area contributed by atoms with Gasteiger partial charge in [0.15, 0.2) is 11.2 Å². The van der Waals surface area contributed by atoms with Crippen molar-refractivity contribution < 1.29 is 4.79 Å². The third kappa shape index (κ3) is 3.76. The molecule has 3 heterocycles. The number of aryl methyl sites for hydroxylation is 2. The molecule has 1 aliphatic rings. The van der Waals surface area contributed by atoms with Gasteiger partial charge in [-0.05, 0) is 13.0 Å². The van der Waals surface area contributed by atoms with Crippen LogP contribution in [0.4, 0.5) is 0 Å². The highest BCUT2D eigenvalue weighted by Crippen LogP contribution is 2.18. The molecule has 0 bridgehead atoms. The van der Waals surface area contributed by atoms with E-state index in [1.54, 1.807) is 25.0 Å². The fourth-order valence-corrected chi connectivity index (χ4v) is 3.69. The third-order valence-electron chi connectivity index (χ3n) is 5.36. The highest BCUT2D eigenvalue weighted by atomic mass is 16.2. The molecule has 1 fully saturated rings. The van der Waals surface area contributed by atoms with E-state index in [9.17, 15) is 14.4 Å². The molecule has 1 amide bonds. The van der Waals surface area contributed by atoms with E-state index < -0.39 is 0 Å². The van der Waals surface area contributed by atoms with Crippen LogP contribution < -0.4 is 11.2 Å². The normalized spacial score (nSPS) is 16.1. The average Bonchev–Trinajstić information content (AvgIpc) is 3.04. The summed E-state index contributed by atoms with van der Waals surface area (Å²) in [6.07, 6.45) is 2.25. The first-order chi connectivity index (χ1) is 13.1. The van der Waals surface area contributed by atoms with Crippen molar-refractivity contribution in [2.45, 2.75) is 33.7 Å². The summed E-state index contributed by atoms with van der Waals surface area (Å²) in [5.41, 5.74) is -0.131. The van der Waals surface area contributed by atoms with E-state index in [0.29, 0.717) is 24.1 Å². The minimum Gasteiger partial charge on any atom is -0.340 e. The highest BCUT2D eigenvalue weighted by molar-refractivity contribution is 5.81. The number of imidazole rings is 1. The maximum atomic E-state index is 12.7. The van der Waals surface area contributed by atoms with E-state index in [1.165, 1.54) is 9.13 Å². The number of carbonyl (C=O) groups is 1. The maximum Gasteiger partial charge on any atom is 0.332 e. The Morgan fingerprint density at radius 2 is 1.71 bits per heavy atom. The first kappa shape index (κ1) is 20.3. The summed E-state index contributed by atoms with van der Waals surface area (Å²) in [7, 11) is 3.39. The van der Waals surface area contributed by atoms with Gasteiger partial charge >= 0.3 is 5.69 Å². The Hall–Kier alpha value is -2.42. The van der Waals surface area contributed by atoms with Crippen LogP contribution in [0, 0.1) is 5.41 Å². The quantitative estimate of drug-likeness (QED) is 0.734. The number of hydrogen-bond donors (Lipinski definition) is 0. The molecule has 2 aromatic heterocycles. The largest absolute Gasteiger partial charge is 0.340 e. The summed E-state index contributed by atoms with van der Waals surface area (Å²) in [4.78, 5) is 46.0. The number of rotatable bonds is 4. The molecule has 0 aliphatic carbocycles. The van der Waals surface area contributed by atoms with E-state index in [1.807, 2.05) is 25.7 Å². The SMILES string of the molecule is Cn1cnc2c1c(=O)n(CCCN1CCN(C(=O)C(C)(C)C)CC1)c(=O)n2C. The van der Waals surface area contributed by atoms with E-state index in [0.717, 1.165) is 32.7 Å². The van der Waals surface area contributed by atoms with E-state index in [4.69, 9.17) is 0 Å². The molecule has 0 radical (unpaired) electrons. The molecule has 1 saturated heterocycles. The number of fused-ring (bicyclic) bond motifs is 1. The van der Waals surface area contributed by atoms with Gasteiger partial charge < -0.3 is 9.47 Å². The summed E-state index contributed by atoms with van der Waals surface area (Å²) in [6.45, 7) is 10.1. The molecule has 28 heavy (non-hydrogen) atoms. The van der Waals surface area contributed by atoms with Gasteiger partial charge in [0.25, 0.3) is 5.56 Å². The zero-order valence-electron chi connectivity index (χ0n) is 17.4. The van der Waals surface area contributed by atoms with Crippen LogP contribution in [-0.2, 0) is 25.4 Å². The molecule has 2 aromatic rings. The van der Waals surface area contributed by atoms with Crippen molar-refractivity contribution in [1.82, 2.24) is 28.5 Å². The maximum absolute atomic E-state index is 12.7. The molecular weight excluding hydrogens is 360 g/mol. The van der Waals surface area contributed by atoms with Crippen molar-refractivity contribution in [3.05, 3.63) is 27.2 Å². The van der Waals surface area contributed by atoms with Crippen molar-refractivity contribution in [2.75, 3.05) is 32.7 Å². The average molecular weight is 390 g/mol.